The van der Waals surface area contributed by atoms with Gasteiger partial charge in [-0.15, -0.1) is 0 Å². The van der Waals surface area contributed by atoms with Crippen LogP contribution in [-0.4, -0.2) is 11.2 Å². The van der Waals surface area contributed by atoms with E-state index in [9.17, 15) is 5.11 Å². The van der Waals surface area contributed by atoms with Gasteiger partial charge in [-0.1, -0.05) is 32.4 Å². The molecule has 1 nitrogen and oxygen atoms in total. The van der Waals surface area contributed by atoms with Gasteiger partial charge in [0.25, 0.3) is 0 Å². The lowest BCUT2D eigenvalue weighted by atomic mass is 9.63. The molecule has 1 saturated carbocycles. The van der Waals surface area contributed by atoms with Crippen molar-refractivity contribution in [2.45, 2.75) is 71.8 Å². The van der Waals surface area contributed by atoms with E-state index < -0.39 is 0 Å². The fraction of sp³-hybridized carbons (Fsp3) is 0.875. The Hall–Kier alpha value is -0.300. The Bertz CT molecular complexity index is 292. The van der Waals surface area contributed by atoms with E-state index >= 15 is 0 Å². The standard InChI is InChI=1S/C16H28O/c1-12(2)6-7-15(17)14-9-13-5-4-8-16(3,10-13)11-14/h9,12,14-15,17H,4-8,10-11H2,1-3H3. The SMILES string of the molecule is CC(C)CCC(O)C1C=C2CCCC(C)(C2)C1. The molecule has 3 atom stereocenters. The first-order valence-corrected chi connectivity index (χ1v) is 7.36. The summed E-state index contributed by atoms with van der Waals surface area (Å²) in [7, 11) is 0. The molecule has 0 aromatic carbocycles. The van der Waals surface area contributed by atoms with Gasteiger partial charge in [0.15, 0.2) is 0 Å². The highest BCUT2D eigenvalue weighted by Crippen LogP contribution is 2.48. The lowest BCUT2D eigenvalue weighted by Crippen LogP contribution is -2.33. The average molecular weight is 236 g/mol. The number of aliphatic hydroxyl groups is 1. The molecule has 0 aromatic heterocycles. The summed E-state index contributed by atoms with van der Waals surface area (Å²) in [6.07, 6.45) is 10.9. The summed E-state index contributed by atoms with van der Waals surface area (Å²) in [6, 6.07) is 0. The highest BCUT2D eigenvalue weighted by atomic mass is 16.3. The predicted octanol–water partition coefficient (Wildman–Crippen LogP) is 4.31. The zero-order chi connectivity index (χ0) is 12.5. The molecule has 3 unspecified atom stereocenters. The highest BCUT2D eigenvalue weighted by Gasteiger charge is 2.37. The zero-order valence-electron chi connectivity index (χ0n) is 11.7. The van der Waals surface area contributed by atoms with Crippen LogP contribution in [0.15, 0.2) is 11.6 Å². The normalized spacial score (nSPS) is 34.6. The molecule has 17 heavy (non-hydrogen) atoms. The van der Waals surface area contributed by atoms with Crippen LogP contribution in [0.4, 0.5) is 0 Å². The van der Waals surface area contributed by atoms with Crippen LogP contribution in [0.1, 0.15) is 65.7 Å². The molecule has 0 aliphatic heterocycles. The summed E-state index contributed by atoms with van der Waals surface area (Å²) < 4.78 is 0. The second-order valence-corrected chi connectivity index (χ2v) is 7.07. The van der Waals surface area contributed by atoms with Crippen molar-refractivity contribution in [1.29, 1.82) is 0 Å². The van der Waals surface area contributed by atoms with E-state index in [2.05, 4.69) is 26.8 Å². The van der Waals surface area contributed by atoms with Crippen molar-refractivity contribution >= 4 is 0 Å². The van der Waals surface area contributed by atoms with Gasteiger partial charge >= 0.3 is 0 Å². The Morgan fingerprint density at radius 1 is 1.41 bits per heavy atom. The Labute approximate surface area is 106 Å². The molecule has 0 radical (unpaired) electrons. The first-order valence-electron chi connectivity index (χ1n) is 7.36. The molecule has 0 amide bonds. The van der Waals surface area contributed by atoms with Crippen molar-refractivity contribution in [1.82, 2.24) is 0 Å². The van der Waals surface area contributed by atoms with Gasteiger partial charge < -0.3 is 5.11 Å². The van der Waals surface area contributed by atoms with Gasteiger partial charge in [0.1, 0.15) is 0 Å². The Balaban J connectivity index is 1.97. The molecule has 1 N–H and O–H groups in total. The maximum Gasteiger partial charge on any atom is 0.0603 e. The fourth-order valence-electron chi connectivity index (χ4n) is 3.68. The molecule has 0 saturated heterocycles. The minimum absolute atomic E-state index is 0.106. The molecule has 2 aliphatic rings. The molecule has 0 heterocycles. The molecule has 0 spiro atoms. The third-order valence-electron chi connectivity index (χ3n) is 4.64. The van der Waals surface area contributed by atoms with E-state index in [4.69, 9.17) is 0 Å². The van der Waals surface area contributed by atoms with Crippen LogP contribution in [0.3, 0.4) is 0 Å². The van der Waals surface area contributed by atoms with E-state index in [1.807, 2.05) is 0 Å². The summed E-state index contributed by atoms with van der Waals surface area (Å²) in [4.78, 5) is 0. The summed E-state index contributed by atoms with van der Waals surface area (Å²) >= 11 is 0. The van der Waals surface area contributed by atoms with Gasteiger partial charge in [-0.25, -0.2) is 0 Å². The molecule has 0 aromatic rings. The van der Waals surface area contributed by atoms with E-state index in [-0.39, 0.29) is 6.10 Å². The van der Waals surface area contributed by atoms with E-state index in [1.165, 1.54) is 32.1 Å². The van der Waals surface area contributed by atoms with Crippen LogP contribution in [-0.2, 0) is 0 Å². The van der Waals surface area contributed by atoms with E-state index in [0.717, 1.165) is 12.8 Å². The van der Waals surface area contributed by atoms with Gasteiger partial charge in [-0.2, -0.15) is 0 Å². The van der Waals surface area contributed by atoms with Crippen molar-refractivity contribution in [3.8, 4) is 0 Å². The van der Waals surface area contributed by atoms with Crippen molar-refractivity contribution in [2.75, 3.05) is 0 Å². The highest BCUT2D eigenvalue weighted by molar-refractivity contribution is 5.16. The molecular weight excluding hydrogens is 208 g/mol. The molecule has 98 valence electrons. The summed E-state index contributed by atoms with van der Waals surface area (Å²) in [5.74, 6) is 1.14. The minimum atomic E-state index is -0.106. The maximum absolute atomic E-state index is 10.3. The smallest absolute Gasteiger partial charge is 0.0603 e. The lowest BCUT2D eigenvalue weighted by molar-refractivity contribution is 0.0686. The number of aliphatic hydroxyl groups excluding tert-OH is 1. The second-order valence-electron chi connectivity index (χ2n) is 7.07. The Morgan fingerprint density at radius 3 is 2.82 bits per heavy atom. The molecule has 1 heteroatoms. The van der Waals surface area contributed by atoms with Crippen LogP contribution in [0.2, 0.25) is 0 Å². The van der Waals surface area contributed by atoms with Crippen LogP contribution >= 0.6 is 0 Å². The first kappa shape index (κ1) is 13.1. The van der Waals surface area contributed by atoms with Crippen molar-refractivity contribution in [3.63, 3.8) is 0 Å². The number of hydrogen-bond donors (Lipinski definition) is 1. The average Bonchev–Trinajstić information content (AvgIpc) is 2.24. The summed E-state index contributed by atoms with van der Waals surface area (Å²) in [5, 5.41) is 10.3. The fourth-order valence-corrected chi connectivity index (χ4v) is 3.68. The third kappa shape index (κ3) is 3.34. The largest absolute Gasteiger partial charge is 0.393 e. The first-order chi connectivity index (χ1) is 7.98. The van der Waals surface area contributed by atoms with E-state index in [0.29, 0.717) is 17.3 Å². The minimum Gasteiger partial charge on any atom is -0.393 e. The predicted molar refractivity (Wildman–Crippen MR) is 72.8 cm³/mol. The number of rotatable bonds is 4. The molecule has 2 bridgehead atoms. The van der Waals surface area contributed by atoms with Gasteiger partial charge in [-0.05, 0) is 56.3 Å². The van der Waals surface area contributed by atoms with Gasteiger partial charge in [0.05, 0.1) is 6.10 Å². The Kier molecular flexibility index (Phi) is 3.97. The van der Waals surface area contributed by atoms with Crippen molar-refractivity contribution in [2.24, 2.45) is 17.3 Å². The lowest BCUT2D eigenvalue weighted by Gasteiger charge is -2.43. The summed E-state index contributed by atoms with van der Waals surface area (Å²) in [5.41, 5.74) is 2.12. The van der Waals surface area contributed by atoms with Gasteiger partial charge in [-0.3, -0.25) is 0 Å². The van der Waals surface area contributed by atoms with Crippen molar-refractivity contribution in [3.05, 3.63) is 11.6 Å². The quantitative estimate of drug-likeness (QED) is 0.721. The number of hydrogen-bond acceptors (Lipinski definition) is 1. The topological polar surface area (TPSA) is 20.2 Å². The maximum atomic E-state index is 10.3. The molecule has 1 fully saturated rings. The number of allylic oxidation sites excluding steroid dienone is 1. The van der Waals surface area contributed by atoms with Gasteiger partial charge in [0, 0.05) is 5.92 Å². The van der Waals surface area contributed by atoms with E-state index in [1.54, 1.807) is 5.57 Å². The van der Waals surface area contributed by atoms with Crippen LogP contribution in [0, 0.1) is 17.3 Å². The van der Waals surface area contributed by atoms with Gasteiger partial charge in [0.2, 0.25) is 0 Å². The van der Waals surface area contributed by atoms with Crippen LogP contribution in [0.25, 0.3) is 0 Å². The summed E-state index contributed by atoms with van der Waals surface area (Å²) in [6.45, 7) is 6.89. The molecule has 2 aliphatic carbocycles. The number of fused-ring (bicyclic) bond motifs is 2. The van der Waals surface area contributed by atoms with Crippen LogP contribution in [0.5, 0.6) is 0 Å². The Morgan fingerprint density at radius 2 is 2.18 bits per heavy atom. The zero-order valence-corrected chi connectivity index (χ0v) is 11.7. The molecule has 2 rings (SSSR count). The third-order valence-corrected chi connectivity index (χ3v) is 4.64. The van der Waals surface area contributed by atoms with Crippen LogP contribution < -0.4 is 0 Å². The monoisotopic (exact) mass is 236 g/mol. The second kappa shape index (κ2) is 5.14. The van der Waals surface area contributed by atoms with Crippen molar-refractivity contribution < 1.29 is 5.11 Å². The molecular formula is C16H28O.